The van der Waals surface area contributed by atoms with Gasteiger partial charge in [0.15, 0.2) is 11.5 Å². The predicted molar refractivity (Wildman–Crippen MR) is 86.1 cm³/mol. The Balaban J connectivity index is 1.65. The Morgan fingerprint density at radius 2 is 2.14 bits per heavy atom. The van der Waals surface area contributed by atoms with Gasteiger partial charge in [-0.25, -0.2) is 4.98 Å². The van der Waals surface area contributed by atoms with E-state index < -0.39 is 0 Å². The summed E-state index contributed by atoms with van der Waals surface area (Å²) in [4.78, 5) is 4.62. The van der Waals surface area contributed by atoms with Crippen LogP contribution in [-0.2, 0) is 0 Å². The van der Waals surface area contributed by atoms with E-state index in [1.165, 1.54) is 24.4 Å². The molecule has 0 bridgehead atoms. The van der Waals surface area contributed by atoms with Crippen molar-refractivity contribution in [1.29, 1.82) is 0 Å². The Morgan fingerprint density at radius 1 is 1.27 bits per heavy atom. The van der Waals surface area contributed by atoms with Crippen LogP contribution in [0.5, 0.6) is 0 Å². The molecular weight excluding hydrogens is 296 g/mol. The zero-order valence-electron chi connectivity index (χ0n) is 12.6. The molecule has 7 heteroatoms. The van der Waals surface area contributed by atoms with E-state index in [0.717, 1.165) is 22.4 Å². The van der Waals surface area contributed by atoms with Crippen LogP contribution in [0.3, 0.4) is 0 Å². The number of nitrogens with zero attached hydrogens (tertiary/aromatic N) is 5. The Bertz CT molecular complexity index is 788. The maximum Gasteiger partial charge on any atom is 0.203 e. The Labute approximate surface area is 132 Å². The van der Waals surface area contributed by atoms with Crippen LogP contribution in [0.15, 0.2) is 24.4 Å². The van der Waals surface area contributed by atoms with Crippen molar-refractivity contribution in [1.82, 2.24) is 24.0 Å². The first-order valence-corrected chi connectivity index (χ1v) is 8.39. The number of hydrogen-bond donors (Lipinski definition) is 1. The largest absolute Gasteiger partial charge is 0.350 e. The minimum Gasteiger partial charge on any atom is -0.350 e. The van der Waals surface area contributed by atoms with Gasteiger partial charge in [0.05, 0.1) is 6.04 Å². The summed E-state index contributed by atoms with van der Waals surface area (Å²) in [6, 6.07) is 5.98. The SMILES string of the molecule is CC(C)C(Nc1nc(C2CC2)ns1)c1nnc2ccccn12. The minimum absolute atomic E-state index is 0.0532. The van der Waals surface area contributed by atoms with Crippen molar-refractivity contribution < 1.29 is 0 Å². The third kappa shape index (κ3) is 2.45. The van der Waals surface area contributed by atoms with Crippen LogP contribution in [-0.4, -0.2) is 24.0 Å². The predicted octanol–water partition coefficient (Wildman–Crippen LogP) is 3.27. The monoisotopic (exact) mass is 314 g/mol. The number of aromatic nitrogens is 5. The number of anilines is 1. The molecule has 0 radical (unpaired) electrons. The highest BCUT2D eigenvalue weighted by atomic mass is 32.1. The van der Waals surface area contributed by atoms with Crippen LogP contribution in [0.4, 0.5) is 5.13 Å². The van der Waals surface area contributed by atoms with Crippen molar-refractivity contribution in [3.63, 3.8) is 0 Å². The lowest BCUT2D eigenvalue weighted by molar-refractivity contribution is 0.517. The van der Waals surface area contributed by atoms with Gasteiger partial charge in [0, 0.05) is 23.6 Å². The van der Waals surface area contributed by atoms with Gasteiger partial charge in [-0.1, -0.05) is 19.9 Å². The topological polar surface area (TPSA) is 68.0 Å². The van der Waals surface area contributed by atoms with Crippen molar-refractivity contribution in [3.05, 3.63) is 36.0 Å². The molecule has 22 heavy (non-hydrogen) atoms. The van der Waals surface area contributed by atoms with Gasteiger partial charge in [-0.2, -0.15) is 4.37 Å². The molecule has 3 aromatic heterocycles. The van der Waals surface area contributed by atoms with Crippen LogP contribution in [0.25, 0.3) is 5.65 Å². The van der Waals surface area contributed by atoms with Gasteiger partial charge in [0.25, 0.3) is 0 Å². The fraction of sp³-hybridized carbons (Fsp3) is 0.467. The molecule has 1 atom stereocenters. The van der Waals surface area contributed by atoms with Gasteiger partial charge in [-0.3, -0.25) is 4.40 Å². The van der Waals surface area contributed by atoms with E-state index in [9.17, 15) is 0 Å². The second-order valence-corrected chi connectivity index (χ2v) is 6.84. The van der Waals surface area contributed by atoms with E-state index >= 15 is 0 Å². The number of pyridine rings is 1. The first-order valence-electron chi connectivity index (χ1n) is 7.62. The maximum absolute atomic E-state index is 4.62. The van der Waals surface area contributed by atoms with Crippen LogP contribution in [0.2, 0.25) is 0 Å². The van der Waals surface area contributed by atoms with Crippen molar-refractivity contribution in [2.24, 2.45) is 5.92 Å². The molecular formula is C15H18N6S. The van der Waals surface area contributed by atoms with E-state index in [2.05, 4.69) is 38.7 Å². The van der Waals surface area contributed by atoms with E-state index in [4.69, 9.17) is 0 Å². The molecule has 1 aliphatic rings. The van der Waals surface area contributed by atoms with Crippen molar-refractivity contribution in [3.8, 4) is 0 Å². The van der Waals surface area contributed by atoms with Crippen molar-refractivity contribution in [2.45, 2.75) is 38.6 Å². The summed E-state index contributed by atoms with van der Waals surface area (Å²) >= 11 is 1.44. The third-order valence-electron chi connectivity index (χ3n) is 3.95. The molecule has 6 nitrogen and oxygen atoms in total. The molecule has 3 aromatic rings. The summed E-state index contributed by atoms with van der Waals surface area (Å²) in [7, 11) is 0. The van der Waals surface area contributed by atoms with Crippen LogP contribution >= 0.6 is 11.5 Å². The molecule has 114 valence electrons. The van der Waals surface area contributed by atoms with E-state index in [1.807, 2.05) is 28.8 Å². The minimum atomic E-state index is 0.0532. The van der Waals surface area contributed by atoms with Crippen molar-refractivity contribution >= 4 is 22.3 Å². The second kappa shape index (κ2) is 5.31. The summed E-state index contributed by atoms with van der Waals surface area (Å²) in [5, 5.41) is 13.0. The molecule has 0 aliphatic heterocycles. The molecule has 0 spiro atoms. The number of nitrogens with one attached hydrogen (secondary N) is 1. The fourth-order valence-corrected chi connectivity index (χ4v) is 3.22. The first-order chi connectivity index (χ1) is 10.7. The highest BCUT2D eigenvalue weighted by Gasteiger charge is 2.29. The smallest absolute Gasteiger partial charge is 0.203 e. The third-order valence-corrected chi connectivity index (χ3v) is 4.61. The van der Waals surface area contributed by atoms with Crippen molar-refractivity contribution in [2.75, 3.05) is 5.32 Å². The van der Waals surface area contributed by atoms with E-state index in [1.54, 1.807) is 0 Å². The lowest BCUT2D eigenvalue weighted by atomic mass is 10.0. The van der Waals surface area contributed by atoms with Crippen LogP contribution < -0.4 is 5.32 Å². The zero-order chi connectivity index (χ0) is 15.1. The molecule has 1 fully saturated rings. The maximum atomic E-state index is 4.62. The quantitative estimate of drug-likeness (QED) is 0.783. The van der Waals surface area contributed by atoms with E-state index in [0.29, 0.717) is 11.8 Å². The van der Waals surface area contributed by atoms with Gasteiger partial charge in [0.2, 0.25) is 5.13 Å². The molecule has 0 amide bonds. The number of fused-ring (bicyclic) bond motifs is 1. The Kier molecular flexibility index (Phi) is 3.29. The highest BCUT2D eigenvalue weighted by molar-refractivity contribution is 7.09. The summed E-state index contributed by atoms with van der Waals surface area (Å²) in [6.45, 7) is 4.34. The zero-order valence-corrected chi connectivity index (χ0v) is 13.4. The number of rotatable bonds is 5. The first kappa shape index (κ1) is 13.6. The summed E-state index contributed by atoms with van der Waals surface area (Å²) in [5.41, 5.74) is 0.862. The lowest BCUT2D eigenvalue weighted by Crippen LogP contribution is -2.19. The Morgan fingerprint density at radius 3 is 2.91 bits per heavy atom. The summed E-state index contributed by atoms with van der Waals surface area (Å²) < 4.78 is 6.49. The van der Waals surface area contributed by atoms with Gasteiger partial charge < -0.3 is 5.32 Å². The average molecular weight is 314 g/mol. The molecule has 3 heterocycles. The van der Waals surface area contributed by atoms with Crippen LogP contribution in [0, 0.1) is 5.92 Å². The molecule has 4 rings (SSSR count). The van der Waals surface area contributed by atoms with Gasteiger partial charge in [-0.15, -0.1) is 10.2 Å². The fourth-order valence-electron chi connectivity index (χ4n) is 2.54. The second-order valence-electron chi connectivity index (χ2n) is 6.09. The molecule has 0 aromatic carbocycles. The van der Waals surface area contributed by atoms with Gasteiger partial charge in [0.1, 0.15) is 5.82 Å². The van der Waals surface area contributed by atoms with Crippen LogP contribution in [0.1, 0.15) is 50.3 Å². The Hall–Kier alpha value is -2.02. The molecule has 0 saturated heterocycles. The molecule has 1 saturated carbocycles. The lowest BCUT2D eigenvalue weighted by Gasteiger charge is -2.20. The van der Waals surface area contributed by atoms with Gasteiger partial charge >= 0.3 is 0 Å². The normalized spacial score (nSPS) is 16.3. The van der Waals surface area contributed by atoms with Gasteiger partial charge in [-0.05, 0) is 30.9 Å². The molecule has 1 unspecified atom stereocenters. The molecule has 1 N–H and O–H groups in total. The average Bonchev–Trinajstić information content (AvgIpc) is 3.11. The highest BCUT2D eigenvalue weighted by Crippen LogP contribution is 2.39. The number of hydrogen-bond acceptors (Lipinski definition) is 6. The summed E-state index contributed by atoms with van der Waals surface area (Å²) in [5.74, 6) is 2.84. The van der Waals surface area contributed by atoms with E-state index in [-0.39, 0.29) is 6.04 Å². The molecule has 1 aliphatic carbocycles. The standard InChI is InChI=1S/C15H18N6S/c1-9(2)12(14-19-18-11-5-3-4-8-21(11)14)16-15-17-13(20-22-15)10-6-7-10/h3-5,8-10,12H,6-7H2,1-2H3,(H,16,17,20). The summed E-state index contributed by atoms with van der Waals surface area (Å²) in [6.07, 6.45) is 4.44.